The Balaban J connectivity index is 1.88. The Morgan fingerprint density at radius 1 is 1.27 bits per heavy atom. The van der Waals surface area contributed by atoms with Crippen molar-refractivity contribution in [2.24, 2.45) is 0 Å². The third-order valence-corrected chi connectivity index (χ3v) is 9.55. The highest BCUT2D eigenvalue weighted by molar-refractivity contribution is 14.1. The second kappa shape index (κ2) is 13.4. The van der Waals surface area contributed by atoms with Gasteiger partial charge in [0.05, 0.1) is 29.8 Å². The van der Waals surface area contributed by atoms with E-state index < -0.39 is 18.6 Å². The number of carbonyl (C=O) groups excluding carboxylic acids is 1. The van der Waals surface area contributed by atoms with E-state index in [1.807, 2.05) is 24.3 Å². The van der Waals surface area contributed by atoms with E-state index in [-0.39, 0.29) is 24.7 Å². The number of hydrogen-bond donors (Lipinski definition) is 1. The maximum Gasteiger partial charge on any atom is 0.255 e. The summed E-state index contributed by atoms with van der Waals surface area (Å²) in [5.41, 5.74) is 3.11. The number of nitrogens with zero attached hydrogens (tertiary/aromatic N) is 2. The third kappa shape index (κ3) is 7.70. The Kier molecular flexibility index (Phi) is 10.9. The normalized spacial score (nSPS) is 14.1. The van der Waals surface area contributed by atoms with Crippen molar-refractivity contribution in [1.82, 2.24) is 14.6 Å². The molecule has 0 aliphatic carbocycles. The van der Waals surface area contributed by atoms with E-state index in [4.69, 9.17) is 8.94 Å². The summed E-state index contributed by atoms with van der Waals surface area (Å²) in [5, 5.41) is 3.23. The lowest BCUT2D eigenvalue weighted by Crippen LogP contribution is -2.27. The summed E-state index contributed by atoms with van der Waals surface area (Å²) in [6, 6.07) is 9.62. The molecule has 0 aliphatic heterocycles. The van der Waals surface area contributed by atoms with Gasteiger partial charge >= 0.3 is 0 Å². The number of pyridine rings is 1. The lowest BCUT2D eigenvalue weighted by atomic mass is 10.0. The van der Waals surface area contributed by atoms with Crippen LogP contribution in [-0.2, 0) is 33.3 Å². The summed E-state index contributed by atoms with van der Waals surface area (Å²) in [7, 11) is -1.09. The monoisotopic (exact) mass is 660 g/mol. The third-order valence-electron chi connectivity index (χ3n) is 5.95. The molecule has 0 saturated carbocycles. The first-order valence-corrected chi connectivity index (χ1v) is 16.5. The van der Waals surface area contributed by atoms with E-state index in [0.717, 1.165) is 12.0 Å². The standard InChI is InChI=1S/C25H33IN3O6PS/c1-5-17-9-11-18(12-10-17)23-22(24(30)27-3)19-15-20(26)21(28-25(19)35-23)16-29(37(32)33)13-7-8-14-36(4,31)34-6-2/h9-12,15H,5-8,13-14,16H2,1-4H3,(H,27,30)(H,32,33)/p-1. The maximum atomic E-state index is 12.8. The number of fused-ring (bicyclic) bond motifs is 1. The SMILES string of the molecule is CCOP(C)(=O)CCCCN(Cc1nc2oc(-c3ccc(CC)cc3)c(C(=O)NC)c2cc1I)S(=O)[O-]. The molecule has 9 nitrogen and oxygen atoms in total. The highest BCUT2D eigenvalue weighted by Gasteiger charge is 2.24. The number of hydrogen-bond acceptors (Lipinski definition) is 7. The molecule has 3 rings (SSSR count). The molecule has 37 heavy (non-hydrogen) atoms. The van der Waals surface area contributed by atoms with Gasteiger partial charge in [-0.05, 0) is 60.4 Å². The van der Waals surface area contributed by atoms with Gasteiger partial charge in [-0.2, -0.15) is 0 Å². The largest absolute Gasteiger partial charge is 0.760 e. The zero-order chi connectivity index (χ0) is 27.2. The van der Waals surface area contributed by atoms with E-state index >= 15 is 0 Å². The van der Waals surface area contributed by atoms with E-state index in [0.29, 0.717) is 51.6 Å². The molecule has 0 radical (unpaired) electrons. The predicted molar refractivity (Wildman–Crippen MR) is 154 cm³/mol. The van der Waals surface area contributed by atoms with Gasteiger partial charge in [0.1, 0.15) is 5.76 Å². The Hall–Kier alpha value is -1.63. The van der Waals surface area contributed by atoms with Crippen LogP contribution in [0.1, 0.15) is 48.3 Å². The summed E-state index contributed by atoms with van der Waals surface area (Å²) in [5.74, 6) is 0.126. The molecule has 2 aromatic heterocycles. The summed E-state index contributed by atoms with van der Waals surface area (Å²) in [6.45, 7) is 6.17. The molecule has 3 aromatic rings. The summed E-state index contributed by atoms with van der Waals surface area (Å²) < 4.78 is 49.5. The van der Waals surface area contributed by atoms with Gasteiger partial charge in [0.15, 0.2) is 7.37 Å². The average Bonchev–Trinajstić information content (AvgIpc) is 3.23. The van der Waals surface area contributed by atoms with Crippen molar-refractivity contribution in [2.45, 2.75) is 39.7 Å². The number of aryl methyl sites for hydroxylation is 1. The zero-order valence-corrected chi connectivity index (χ0v) is 25.3. The van der Waals surface area contributed by atoms with Gasteiger partial charge in [-0.3, -0.25) is 13.6 Å². The minimum atomic E-state index is -2.65. The molecule has 202 valence electrons. The van der Waals surface area contributed by atoms with Crippen LogP contribution in [0.4, 0.5) is 0 Å². The second-order valence-corrected chi connectivity index (χ2v) is 13.5. The minimum absolute atomic E-state index is 0.0517. The molecule has 2 unspecified atom stereocenters. The number of furan rings is 1. The van der Waals surface area contributed by atoms with Crippen LogP contribution in [0.2, 0.25) is 0 Å². The van der Waals surface area contributed by atoms with Crippen LogP contribution in [0, 0.1) is 3.57 Å². The quantitative estimate of drug-likeness (QED) is 0.114. The fourth-order valence-corrected chi connectivity index (χ4v) is 6.57. The lowest BCUT2D eigenvalue weighted by Gasteiger charge is -2.24. The van der Waals surface area contributed by atoms with Gasteiger partial charge in [-0.15, -0.1) is 0 Å². The topological polar surface area (TPSA) is 125 Å². The Labute approximate surface area is 233 Å². The predicted octanol–water partition coefficient (Wildman–Crippen LogP) is 5.34. The number of unbranched alkanes of at least 4 members (excludes halogenated alkanes) is 1. The number of rotatable bonds is 13. The van der Waals surface area contributed by atoms with Crippen LogP contribution < -0.4 is 5.32 Å². The molecular weight excluding hydrogens is 628 g/mol. The molecule has 2 atom stereocenters. The molecule has 0 bridgehead atoms. The number of nitrogens with one attached hydrogen (secondary N) is 1. The van der Waals surface area contributed by atoms with E-state index in [9.17, 15) is 18.1 Å². The number of amides is 1. The molecular formula is C25H32IN3O6PS-. The average molecular weight is 660 g/mol. The van der Waals surface area contributed by atoms with Crippen molar-refractivity contribution in [1.29, 1.82) is 0 Å². The van der Waals surface area contributed by atoms with Crippen molar-refractivity contribution >= 4 is 58.2 Å². The van der Waals surface area contributed by atoms with Gasteiger partial charge in [0.25, 0.3) is 5.91 Å². The first kappa shape index (κ1) is 29.9. The molecule has 2 heterocycles. The zero-order valence-electron chi connectivity index (χ0n) is 21.4. The van der Waals surface area contributed by atoms with Crippen LogP contribution in [0.15, 0.2) is 34.7 Å². The van der Waals surface area contributed by atoms with Gasteiger partial charge in [-0.1, -0.05) is 31.2 Å². The van der Waals surface area contributed by atoms with E-state index in [1.54, 1.807) is 26.7 Å². The van der Waals surface area contributed by atoms with Gasteiger partial charge in [0.2, 0.25) is 5.71 Å². The van der Waals surface area contributed by atoms with Crippen LogP contribution in [0.25, 0.3) is 22.4 Å². The first-order chi connectivity index (χ1) is 17.6. The Morgan fingerprint density at radius 3 is 2.57 bits per heavy atom. The van der Waals surface area contributed by atoms with Crippen LogP contribution in [0.3, 0.4) is 0 Å². The van der Waals surface area contributed by atoms with Crippen molar-refractivity contribution in [3.8, 4) is 11.3 Å². The lowest BCUT2D eigenvalue weighted by molar-refractivity contribution is 0.0964. The van der Waals surface area contributed by atoms with Gasteiger partial charge < -0.3 is 18.8 Å². The molecule has 0 fully saturated rings. The van der Waals surface area contributed by atoms with Crippen LogP contribution in [0.5, 0.6) is 0 Å². The summed E-state index contributed by atoms with van der Waals surface area (Å²) in [6.07, 6.45) is 2.42. The molecule has 1 amide bonds. The number of benzene rings is 1. The molecule has 12 heteroatoms. The highest BCUT2D eigenvalue weighted by Crippen LogP contribution is 2.43. The molecule has 0 aliphatic rings. The first-order valence-electron chi connectivity index (χ1n) is 12.1. The minimum Gasteiger partial charge on any atom is -0.760 e. The summed E-state index contributed by atoms with van der Waals surface area (Å²) >= 11 is -0.371. The van der Waals surface area contributed by atoms with Crippen molar-refractivity contribution in [2.75, 3.05) is 33.0 Å². The smallest absolute Gasteiger partial charge is 0.255 e. The molecule has 0 spiro atoms. The maximum absolute atomic E-state index is 12.8. The summed E-state index contributed by atoms with van der Waals surface area (Å²) in [4.78, 5) is 17.4. The Bertz CT molecular complexity index is 1310. The fourth-order valence-electron chi connectivity index (χ4n) is 3.99. The number of carbonyl (C=O) groups is 1. The van der Waals surface area contributed by atoms with E-state index in [1.165, 1.54) is 9.87 Å². The number of halogens is 1. The van der Waals surface area contributed by atoms with Gasteiger partial charge in [-0.25, -0.2) is 9.29 Å². The van der Waals surface area contributed by atoms with Crippen molar-refractivity contribution < 1.29 is 27.1 Å². The van der Waals surface area contributed by atoms with Crippen molar-refractivity contribution in [3.63, 3.8) is 0 Å². The molecule has 0 saturated heterocycles. The van der Waals surface area contributed by atoms with Crippen LogP contribution in [-0.4, -0.2) is 57.0 Å². The number of aromatic nitrogens is 1. The Morgan fingerprint density at radius 2 is 1.97 bits per heavy atom. The van der Waals surface area contributed by atoms with Gasteiger partial charge in [0, 0.05) is 46.8 Å². The molecule has 1 aromatic carbocycles. The fraction of sp³-hybridized carbons (Fsp3) is 0.440. The molecule has 1 N–H and O–H groups in total. The van der Waals surface area contributed by atoms with E-state index in [2.05, 4.69) is 39.8 Å². The highest BCUT2D eigenvalue weighted by atomic mass is 127. The second-order valence-electron chi connectivity index (χ2n) is 8.65. The van der Waals surface area contributed by atoms with Crippen LogP contribution >= 0.6 is 30.0 Å². The van der Waals surface area contributed by atoms with Crippen molar-refractivity contribution in [3.05, 3.63) is 50.7 Å².